The number of fused-ring (bicyclic) bond motifs is 1. The fourth-order valence-electron chi connectivity index (χ4n) is 1.98. The van der Waals surface area contributed by atoms with Crippen molar-refractivity contribution in [3.63, 3.8) is 0 Å². The molecule has 0 atom stereocenters. The van der Waals surface area contributed by atoms with E-state index in [1.165, 1.54) is 15.8 Å². The molecule has 0 saturated heterocycles. The fourth-order valence-corrected chi connectivity index (χ4v) is 2.98. The lowest BCUT2D eigenvalue weighted by Crippen LogP contribution is -2.00. The third kappa shape index (κ3) is 1.59. The average molecular weight is 258 g/mol. The molecular weight excluding hydrogens is 244 g/mol. The molecule has 1 aromatic carbocycles. The van der Waals surface area contributed by atoms with Crippen LogP contribution in [0.3, 0.4) is 0 Å². The van der Waals surface area contributed by atoms with Crippen LogP contribution in [0.1, 0.15) is 16.8 Å². The molecule has 0 unspecified atom stereocenters. The molecular formula is C13H14N4S. The smallest absolute Gasteiger partial charge is 0.213 e. The molecule has 0 aliphatic rings. The number of nitrogens with zero attached hydrogens (tertiary/aromatic N) is 3. The highest BCUT2D eigenvalue weighted by Gasteiger charge is 2.12. The van der Waals surface area contributed by atoms with Crippen LogP contribution in [0, 0.1) is 20.8 Å². The Morgan fingerprint density at radius 2 is 2.00 bits per heavy atom. The van der Waals surface area contributed by atoms with E-state index in [4.69, 9.17) is 5.73 Å². The molecule has 0 saturated carbocycles. The Balaban J connectivity index is 2.26. The number of aryl methyl sites for hydroxylation is 3. The zero-order valence-electron chi connectivity index (χ0n) is 10.6. The first kappa shape index (κ1) is 11.2. The summed E-state index contributed by atoms with van der Waals surface area (Å²) in [7, 11) is 0. The Bertz CT molecular complexity index is 739. The summed E-state index contributed by atoms with van der Waals surface area (Å²) in [4.78, 5) is 4.66. The minimum atomic E-state index is 0.626. The zero-order chi connectivity index (χ0) is 12.9. The molecule has 0 bridgehead atoms. The monoisotopic (exact) mass is 258 g/mol. The van der Waals surface area contributed by atoms with Gasteiger partial charge in [0.25, 0.3) is 0 Å². The normalized spacial score (nSPS) is 11.3. The zero-order valence-corrected chi connectivity index (χ0v) is 11.4. The van der Waals surface area contributed by atoms with E-state index in [1.807, 2.05) is 13.0 Å². The quantitative estimate of drug-likeness (QED) is 0.730. The van der Waals surface area contributed by atoms with E-state index < -0.39 is 0 Å². The van der Waals surface area contributed by atoms with Gasteiger partial charge in [-0.05, 0) is 38.0 Å². The molecule has 3 rings (SSSR count). The van der Waals surface area contributed by atoms with Crippen molar-refractivity contribution in [3.05, 3.63) is 35.0 Å². The maximum Gasteiger partial charge on any atom is 0.213 e. The molecule has 0 aliphatic heterocycles. The van der Waals surface area contributed by atoms with Crippen molar-refractivity contribution in [1.82, 2.24) is 14.8 Å². The van der Waals surface area contributed by atoms with Gasteiger partial charge in [0.1, 0.15) is 5.82 Å². The van der Waals surface area contributed by atoms with Crippen LogP contribution >= 0.6 is 11.3 Å². The lowest BCUT2D eigenvalue weighted by atomic mass is 10.1. The van der Waals surface area contributed by atoms with Crippen molar-refractivity contribution in [2.45, 2.75) is 20.8 Å². The number of anilines is 1. The molecule has 0 aliphatic carbocycles. The standard InChI is InChI=1S/C13H14N4S/c1-7-4-5-10-12(9(7)3)15-13(18-10)17-11(14)6-8(2)16-17/h4-6H,14H2,1-3H3. The van der Waals surface area contributed by atoms with Gasteiger partial charge in [-0.15, -0.1) is 0 Å². The first-order valence-electron chi connectivity index (χ1n) is 5.75. The topological polar surface area (TPSA) is 56.7 Å². The summed E-state index contributed by atoms with van der Waals surface area (Å²) in [6.07, 6.45) is 0. The van der Waals surface area contributed by atoms with Crippen LogP contribution in [0.4, 0.5) is 5.82 Å². The summed E-state index contributed by atoms with van der Waals surface area (Å²) >= 11 is 1.61. The number of nitrogen functional groups attached to an aromatic ring is 1. The Morgan fingerprint density at radius 3 is 2.67 bits per heavy atom. The number of hydrogen-bond acceptors (Lipinski definition) is 4. The predicted molar refractivity (Wildman–Crippen MR) is 75.4 cm³/mol. The van der Waals surface area contributed by atoms with E-state index >= 15 is 0 Å². The SMILES string of the molecule is Cc1cc(N)n(-c2nc3c(C)c(C)ccc3s2)n1. The van der Waals surface area contributed by atoms with E-state index in [2.05, 4.69) is 36.1 Å². The van der Waals surface area contributed by atoms with E-state index in [9.17, 15) is 0 Å². The second-order valence-electron chi connectivity index (χ2n) is 4.47. The number of nitrogens with two attached hydrogens (primary N) is 1. The maximum atomic E-state index is 5.93. The molecule has 0 fully saturated rings. The summed E-state index contributed by atoms with van der Waals surface area (Å²) in [6, 6.07) is 6.08. The highest BCUT2D eigenvalue weighted by molar-refractivity contribution is 7.20. The van der Waals surface area contributed by atoms with Crippen molar-refractivity contribution in [1.29, 1.82) is 0 Å². The molecule has 2 N–H and O–H groups in total. The van der Waals surface area contributed by atoms with E-state index in [0.29, 0.717) is 5.82 Å². The largest absolute Gasteiger partial charge is 0.383 e. The number of benzene rings is 1. The minimum absolute atomic E-state index is 0.626. The number of aromatic nitrogens is 3. The average Bonchev–Trinajstić information content (AvgIpc) is 2.87. The van der Waals surface area contributed by atoms with Crippen LogP contribution in [0.15, 0.2) is 18.2 Å². The van der Waals surface area contributed by atoms with Gasteiger partial charge < -0.3 is 5.73 Å². The Labute approximate surface area is 109 Å². The molecule has 18 heavy (non-hydrogen) atoms. The van der Waals surface area contributed by atoms with Gasteiger partial charge in [0.05, 0.1) is 15.9 Å². The summed E-state index contributed by atoms with van der Waals surface area (Å²) in [5.41, 5.74) is 10.4. The van der Waals surface area contributed by atoms with Crippen molar-refractivity contribution >= 4 is 27.4 Å². The molecule has 2 aromatic heterocycles. The van der Waals surface area contributed by atoms with Gasteiger partial charge in [0.2, 0.25) is 5.13 Å². The van der Waals surface area contributed by atoms with Gasteiger partial charge >= 0.3 is 0 Å². The lowest BCUT2D eigenvalue weighted by molar-refractivity contribution is 0.865. The molecule has 92 valence electrons. The maximum absolute atomic E-state index is 5.93. The van der Waals surface area contributed by atoms with Crippen molar-refractivity contribution in [3.8, 4) is 5.13 Å². The second kappa shape index (κ2) is 3.81. The Kier molecular flexibility index (Phi) is 2.38. The Morgan fingerprint density at radius 1 is 1.22 bits per heavy atom. The Hall–Kier alpha value is -1.88. The highest BCUT2D eigenvalue weighted by atomic mass is 32.1. The van der Waals surface area contributed by atoms with Crippen LogP contribution < -0.4 is 5.73 Å². The molecule has 4 nitrogen and oxygen atoms in total. The van der Waals surface area contributed by atoms with Crippen LogP contribution in [-0.4, -0.2) is 14.8 Å². The fraction of sp³-hybridized carbons (Fsp3) is 0.231. The summed E-state index contributed by atoms with van der Waals surface area (Å²) in [6.45, 7) is 6.12. The first-order chi connectivity index (χ1) is 8.56. The third-order valence-electron chi connectivity index (χ3n) is 3.11. The summed E-state index contributed by atoms with van der Waals surface area (Å²) in [5.74, 6) is 0.626. The minimum Gasteiger partial charge on any atom is -0.383 e. The molecule has 5 heteroatoms. The number of rotatable bonds is 1. The van der Waals surface area contributed by atoms with Crippen LogP contribution in [0.2, 0.25) is 0 Å². The summed E-state index contributed by atoms with van der Waals surface area (Å²) < 4.78 is 2.87. The third-order valence-corrected chi connectivity index (χ3v) is 4.11. The van der Waals surface area contributed by atoms with Gasteiger partial charge in [-0.1, -0.05) is 17.4 Å². The van der Waals surface area contributed by atoms with Crippen LogP contribution in [-0.2, 0) is 0 Å². The van der Waals surface area contributed by atoms with Gasteiger partial charge in [-0.2, -0.15) is 9.78 Å². The van der Waals surface area contributed by atoms with Gasteiger partial charge in [-0.25, -0.2) is 4.98 Å². The molecule has 3 aromatic rings. The van der Waals surface area contributed by atoms with E-state index in [0.717, 1.165) is 16.3 Å². The van der Waals surface area contributed by atoms with E-state index in [1.54, 1.807) is 16.0 Å². The van der Waals surface area contributed by atoms with Gasteiger partial charge in [0, 0.05) is 6.07 Å². The molecule has 0 radical (unpaired) electrons. The first-order valence-corrected chi connectivity index (χ1v) is 6.57. The van der Waals surface area contributed by atoms with Crippen LogP contribution in [0.5, 0.6) is 0 Å². The van der Waals surface area contributed by atoms with Crippen LogP contribution in [0.25, 0.3) is 15.3 Å². The number of hydrogen-bond donors (Lipinski definition) is 1. The molecule has 0 spiro atoms. The lowest BCUT2D eigenvalue weighted by Gasteiger charge is -1.98. The predicted octanol–water partition coefficient (Wildman–Crippen LogP) is 2.99. The number of thiazole rings is 1. The van der Waals surface area contributed by atoms with Crippen molar-refractivity contribution in [2.24, 2.45) is 0 Å². The molecule has 2 heterocycles. The summed E-state index contributed by atoms with van der Waals surface area (Å²) in [5, 5.41) is 5.19. The second-order valence-corrected chi connectivity index (χ2v) is 5.48. The van der Waals surface area contributed by atoms with Gasteiger partial charge in [0.15, 0.2) is 0 Å². The van der Waals surface area contributed by atoms with Crippen molar-refractivity contribution < 1.29 is 0 Å². The highest BCUT2D eigenvalue weighted by Crippen LogP contribution is 2.29. The van der Waals surface area contributed by atoms with Gasteiger partial charge in [-0.3, -0.25) is 0 Å². The van der Waals surface area contributed by atoms with E-state index in [-0.39, 0.29) is 0 Å². The van der Waals surface area contributed by atoms with Crippen molar-refractivity contribution in [2.75, 3.05) is 5.73 Å². The molecule has 0 amide bonds.